The molecule has 0 spiro atoms. The third-order valence-electron chi connectivity index (χ3n) is 4.66. The number of hydrogen-bond donors (Lipinski definition) is 0. The molecular weight excluding hydrogens is 274 g/mol. The number of allylic oxidation sites excluding steroid dienone is 1. The average molecular weight is 299 g/mol. The summed E-state index contributed by atoms with van der Waals surface area (Å²) in [7, 11) is 0. The Balaban J connectivity index is 1.71. The normalized spacial score (nSPS) is 26.1. The molecule has 0 bridgehead atoms. The summed E-state index contributed by atoms with van der Waals surface area (Å²) in [6.45, 7) is 4.42. The van der Waals surface area contributed by atoms with Crippen molar-refractivity contribution in [2.45, 2.75) is 25.7 Å². The molecule has 1 unspecified atom stereocenters. The Hall–Kier alpha value is -1.45. The summed E-state index contributed by atoms with van der Waals surface area (Å²) < 4.78 is 5.40. The maximum absolute atomic E-state index is 12.9. The Labute approximate surface area is 133 Å². The molecule has 0 amide bonds. The van der Waals surface area contributed by atoms with Crippen molar-refractivity contribution in [3.63, 3.8) is 0 Å². The predicted molar refractivity (Wildman–Crippen MR) is 88.6 cm³/mol. The third kappa shape index (κ3) is 4.05. The van der Waals surface area contributed by atoms with Gasteiger partial charge in [-0.3, -0.25) is 9.69 Å². The minimum Gasteiger partial charge on any atom is -0.379 e. The van der Waals surface area contributed by atoms with E-state index in [2.05, 4.69) is 23.1 Å². The molecule has 1 atom stereocenters. The van der Waals surface area contributed by atoms with Gasteiger partial charge in [0.25, 0.3) is 0 Å². The molecule has 2 aliphatic rings. The Bertz CT molecular complexity index is 517. The first-order chi connectivity index (χ1) is 10.8. The van der Waals surface area contributed by atoms with Crippen molar-refractivity contribution in [3.8, 4) is 0 Å². The quantitative estimate of drug-likeness (QED) is 0.634. The molecule has 22 heavy (non-hydrogen) atoms. The molecule has 1 heterocycles. The van der Waals surface area contributed by atoms with Crippen molar-refractivity contribution in [3.05, 3.63) is 41.5 Å². The van der Waals surface area contributed by atoms with Gasteiger partial charge in [-0.05, 0) is 36.5 Å². The van der Waals surface area contributed by atoms with Crippen molar-refractivity contribution in [2.24, 2.45) is 5.92 Å². The van der Waals surface area contributed by atoms with E-state index in [9.17, 15) is 4.79 Å². The van der Waals surface area contributed by atoms with E-state index in [-0.39, 0.29) is 5.92 Å². The second-order valence-electron chi connectivity index (χ2n) is 6.30. The largest absolute Gasteiger partial charge is 0.379 e. The van der Waals surface area contributed by atoms with Crippen molar-refractivity contribution in [1.82, 2.24) is 4.90 Å². The summed E-state index contributed by atoms with van der Waals surface area (Å²) in [5.41, 5.74) is 2.15. The van der Waals surface area contributed by atoms with Crippen LogP contribution in [-0.2, 0) is 9.53 Å². The van der Waals surface area contributed by atoms with Gasteiger partial charge in [0.2, 0.25) is 0 Å². The molecule has 1 saturated carbocycles. The lowest BCUT2D eigenvalue weighted by Crippen LogP contribution is -2.41. The van der Waals surface area contributed by atoms with E-state index in [1.807, 2.05) is 18.2 Å². The van der Waals surface area contributed by atoms with Crippen LogP contribution < -0.4 is 0 Å². The minimum atomic E-state index is 0.163. The van der Waals surface area contributed by atoms with Crippen LogP contribution in [0.1, 0.15) is 31.2 Å². The van der Waals surface area contributed by atoms with Crippen molar-refractivity contribution in [1.29, 1.82) is 0 Å². The maximum Gasteiger partial charge on any atom is 0.163 e. The molecule has 0 aromatic heterocycles. The molecule has 3 heteroatoms. The highest BCUT2D eigenvalue weighted by Crippen LogP contribution is 2.26. The van der Waals surface area contributed by atoms with Gasteiger partial charge in [0.1, 0.15) is 0 Å². The van der Waals surface area contributed by atoms with Gasteiger partial charge in [-0.2, -0.15) is 0 Å². The number of rotatable bonds is 3. The number of ketones is 1. The third-order valence-corrected chi connectivity index (χ3v) is 4.66. The van der Waals surface area contributed by atoms with E-state index in [4.69, 9.17) is 4.74 Å². The van der Waals surface area contributed by atoms with Gasteiger partial charge in [-0.15, -0.1) is 0 Å². The van der Waals surface area contributed by atoms with Crippen LogP contribution in [0.25, 0.3) is 6.08 Å². The van der Waals surface area contributed by atoms with Gasteiger partial charge in [0.15, 0.2) is 5.78 Å². The van der Waals surface area contributed by atoms with E-state index < -0.39 is 0 Å². The second kappa shape index (κ2) is 7.70. The molecular formula is C19H25NO2. The van der Waals surface area contributed by atoms with E-state index in [0.29, 0.717) is 5.78 Å². The van der Waals surface area contributed by atoms with E-state index in [1.165, 1.54) is 0 Å². The Morgan fingerprint density at radius 1 is 1.14 bits per heavy atom. The first-order valence-corrected chi connectivity index (χ1v) is 8.43. The van der Waals surface area contributed by atoms with Crippen molar-refractivity contribution < 1.29 is 9.53 Å². The molecule has 0 N–H and O–H groups in total. The fraction of sp³-hybridized carbons (Fsp3) is 0.526. The summed E-state index contributed by atoms with van der Waals surface area (Å²) in [6.07, 6.45) is 6.34. The number of ether oxygens (including phenoxy) is 1. The number of carbonyl (C=O) groups excluding carboxylic acids is 1. The van der Waals surface area contributed by atoms with Gasteiger partial charge in [-0.25, -0.2) is 0 Å². The number of carbonyl (C=O) groups is 1. The molecule has 1 aliphatic heterocycles. The monoisotopic (exact) mass is 299 g/mol. The van der Waals surface area contributed by atoms with E-state index in [0.717, 1.165) is 69.7 Å². The van der Waals surface area contributed by atoms with Crippen LogP contribution in [0.5, 0.6) is 0 Å². The number of hydrogen-bond acceptors (Lipinski definition) is 3. The topological polar surface area (TPSA) is 29.5 Å². The highest BCUT2D eigenvalue weighted by molar-refractivity contribution is 6.01. The van der Waals surface area contributed by atoms with Crippen LogP contribution in [-0.4, -0.2) is 43.5 Å². The smallest absolute Gasteiger partial charge is 0.163 e. The number of Topliss-reactive ketones (excluding diaryl/α,β-unsaturated/α-hetero) is 1. The summed E-state index contributed by atoms with van der Waals surface area (Å²) in [6, 6.07) is 10.2. The van der Waals surface area contributed by atoms with Crippen molar-refractivity contribution >= 4 is 11.9 Å². The fourth-order valence-electron chi connectivity index (χ4n) is 3.39. The Morgan fingerprint density at radius 3 is 2.68 bits per heavy atom. The first kappa shape index (κ1) is 15.4. The molecule has 3 nitrogen and oxygen atoms in total. The summed E-state index contributed by atoms with van der Waals surface area (Å²) >= 11 is 0. The van der Waals surface area contributed by atoms with Gasteiger partial charge >= 0.3 is 0 Å². The van der Waals surface area contributed by atoms with E-state index >= 15 is 0 Å². The zero-order valence-corrected chi connectivity index (χ0v) is 13.2. The highest BCUT2D eigenvalue weighted by atomic mass is 16.5. The Kier molecular flexibility index (Phi) is 5.41. The summed E-state index contributed by atoms with van der Waals surface area (Å²) in [4.78, 5) is 15.3. The summed E-state index contributed by atoms with van der Waals surface area (Å²) in [5.74, 6) is 0.531. The van der Waals surface area contributed by atoms with Crippen LogP contribution in [0, 0.1) is 5.92 Å². The molecule has 2 fully saturated rings. The average Bonchev–Trinajstić information content (AvgIpc) is 2.73. The van der Waals surface area contributed by atoms with Crippen LogP contribution in [0.2, 0.25) is 0 Å². The van der Waals surface area contributed by atoms with Gasteiger partial charge in [-0.1, -0.05) is 36.8 Å². The number of nitrogens with zero attached hydrogens (tertiary/aromatic N) is 1. The van der Waals surface area contributed by atoms with Gasteiger partial charge in [0, 0.05) is 25.6 Å². The molecule has 1 aliphatic carbocycles. The number of morpholine rings is 1. The number of benzene rings is 1. The van der Waals surface area contributed by atoms with Crippen LogP contribution in [0.4, 0.5) is 0 Å². The lowest BCUT2D eigenvalue weighted by molar-refractivity contribution is -0.120. The Morgan fingerprint density at radius 2 is 1.91 bits per heavy atom. The fourth-order valence-corrected chi connectivity index (χ4v) is 3.39. The van der Waals surface area contributed by atoms with Gasteiger partial charge < -0.3 is 4.74 Å². The second-order valence-corrected chi connectivity index (χ2v) is 6.30. The predicted octanol–water partition coefficient (Wildman–Crippen LogP) is 3.16. The molecule has 1 saturated heterocycles. The van der Waals surface area contributed by atoms with E-state index in [1.54, 1.807) is 0 Å². The lowest BCUT2D eigenvalue weighted by atomic mass is 9.94. The SMILES string of the molecule is O=C1/C(=C\c2ccccc2)CCCCC1CN1CCOCC1. The molecule has 3 rings (SSSR count). The molecule has 1 aromatic carbocycles. The zero-order valence-electron chi connectivity index (χ0n) is 13.2. The molecule has 0 radical (unpaired) electrons. The first-order valence-electron chi connectivity index (χ1n) is 8.43. The standard InChI is InChI=1S/C19H25NO2/c21-19-17(14-16-6-2-1-3-7-16)8-4-5-9-18(19)15-20-10-12-22-13-11-20/h1-3,6-7,14,18H,4-5,8-13,15H2/b17-14-. The summed E-state index contributed by atoms with van der Waals surface area (Å²) in [5, 5.41) is 0. The van der Waals surface area contributed by atoms with Crippen LogP contribution in [0.15, 0.2) is 35.9 Å². The van der Waals surface area contributed by atoms with Crippen LogP contribution in [0.3, 0.4) is 0 Å². The molecule has 1 aromatic rings. The van der Waals surface area contributed by atoms with Crippen LogP contribution >= 0.6 is 0 Å². The lowest BCUT2D eigenvalue weighted by Gasteiger charge is -2.29. The minimum absolute atomic E-state index is 0.163. The zero-order chi connectivity index (χ0) is 15.2. The highest BCUT2D eigenvalue weighted by Gasteiger charge is 2.27. The maximum atomic E-state index is 12.9. The van der Waals surface area contributed by atoms with Crippen molar-refractivity contribution in [2.75, 3.05) is 32.8 Å². The molecule has 118 valence electrons. The van der Waals surface area contributed by atoms with Gasteiger partial charge in [0.05, 0.1) is 13.2 Å².